The molecule has 0 unspecified atom stereocenters. The largest absolute Gasteiger partial charge is 0.490 e. The van der Waals surface area contributed by atoms with Crippen LogP contribution in [0.25, 0.3) is 0 Å². The van der Waals surface area contributed by atoms with Gasteiger partial charge in [0.25, 0.3) is 5.91 Å². The van der Waals surface area contributed by atoms with Gasteiger partial charge >= 0.3 is 6.18 Å². The topological polar surface area (TPSA) is 29.5 Å². The SMILES string of the molecule is O=C(c1ccc(CSc2ccccc2)cc1)N1[C@H]2CC[C@H]1CC(Oc1cccc(C(F)(F)F)c1)C2. The molecule has 2 saturated heterocycles. The maximum atomic E-state index is 13.3. The zero-order chi connectivity index (χ0) is 24.4. The van der Waals surface area contributed by atoms with Gasteiger partial charge in [-0.05, 0) is 60.9 Å². The lowest BCUT2D eigenvalue weighted by Gasteiger charge is -2.39. The molecule has 0 radical (unpaired) electrons. The van der Waals surface area contributed by atoms with Crippen LogP contribution in [0.5, 0.6) is 5.75 Å². The molecule has 0 aromatic heterocycles. The van der Waals surface area contributed by atoms with Gasteiger partial charge in [-0.2, -0.15) is 13.2 Å². The van der Waals surface area contributed by atoms with Crippen molar-refractivity contribution >= 4 is 17.7 Å². The molecule has 7 heteroatoms. The maximum absolute atomic E-state index is 13.3. The van der Waals surface area contributed by atoms with E-state index in [0.29, 0.717) is 18.4 Å². The van der Waals surface area contributed by atoms with Gasteiger partial charge in [0, 0.05) is 41.1 Å². The molecule has 1 amide bonds. The van der Waals surface area contributed by atoms with Gasteiger partial charge in [-0.15, -0.1) is 11.8 Å². The van der Waals surface area contributed by atoms with Crippen molar-refractivity contribution < 1.29 is 22.7 Å². The Labute approximate surface area is 207 Å². The molecule has 2 aliphatic heterocycles. The third-order valence-corrected chi connectivity index (χ3v) is 7.82. The number of piperidine rings is 1. The van der Waals surface area contributed by atoms with Crippen molar-refractivity contribution in [3.05, 3.63) is 95.6 Å². The summed E-state index contributed by atoms with van der Waals surface area (Å²) in [6.07, 6.45) is -1.55. The van der Waals surface area contributed by atoms with Crippen LogP contribution in [0.1, 0.15) is 47.2 Å². The molecule has 3 nitrogen and oxygen atoms in total. The Morgan fingerprint density at radius 3 is 2.26 bits per heavy atom. The quantitative estimate of drug-likeness (QED) is 0.337. The lowest BCUT2D eigenvalue weighted by molar-refractivity contribution is -0.137. The van der Waals surface area contributed by atoms with Gasteiger partial charge in [-0.1, -0.05) is 36.4 Å². The molecule has 0 aliphatic carbocycles. The molecule has 2 atom stereocenters. The second-order valence-electron chi connectivity index (χ2n) is 9.13. The number of carbonyl (C=O) groups excluding carboxylic acids is 1. The van der Waals surface area contributed by atoms with Crippen molar-refractivity contribution in [3.63, 3.8) is 0 Å². The number of amides is 1. The number of fused-ring (bicyclic) bond motifs is 2. The summed E-state index contributed by atoms with van der Waals surface area (Å²) < 4.78 is 45.0. The third kappa shape index (κ3) is 5.50. The highest BCUT2D eigenvalue weighted by atomic mass is 32.2. The Kier molecular flexibility index (Phi) is 6.78. The number of rotatable bonds is 6. The first-order valence-electron chi connectivity index (χ1n) is 11.8. The molecule has 0 saturated carbocycles. The Bertz CT molecular complexity index is 1150. The molecular formula is C28H26F3NO2S. The summed E-state index contributed by atoms with van der Waals surface area (Å²) in [5.74, 6) is 1.09. The molecular weight excluding hydrogens is 471 g/mol. The van der Waals surface area contributed by atoms with E-state index >= 15 is 0 Å². The first kappa shape index (κ1) is 23.8. The van der Waals surface area contributed by atoms with E-state index in [1.54, 1.807) is 17.8 Å². The fourth-order valence-electron chi connectivity index (χ4n) is 5.07. The van der Waals surface area contributed by atoms with Crippen LogP contribution in [-0.4, -0.2) is 29.0 Å². The van der Waals surface area contributed by atoms with Crippen LogP contribution < -0.4 is 4.74 Å². The average Bonchev–Trinajstić information content (AvgIpc) is 3.13. The standard InChI is InChI=1S/C28H26F3NO2S/c29-28(30,31)21-5-4-6-24(15-21)34-25-16-22-13-14-23(17-25)32(22)27(33)20-11-9-19(10-12-20)18-35-26-7-2-1-3-8-26/h1-12,15,22-23,25H,13-14,16-18H2/t22-,23-/m0/s1. The predicted molar refractivity (Wildman–Crippen MR) is 131 cm³/mol. The zero-order valence-electron chi connectivity index (χ0n) is 19.1. The van der Waals surface area contributed by atoms with E-state index in [1.165, 1.54) is 11.0 Å². The summed E-state index contributed by atoms with van der Waals surface area (Å²) in [6.45, 7) is 0. The Balaban J connectivity index is 1.20. The van der Waals surface area contributed by atoms with Gasteiger partial charge in [0.15, 0.2) is 0 Å². The van der Waals surface area contributed by atoms with Crippen molar-refractivity contribution in [2.24, 2.45) is 0 Å². The normalized spacial score (nSPS) is 21.7. The summed E-state index contributed by atoms with van der Waals surface area (Å²) >= 11 is 1.76. The van der Waals surface area contributed by atoms with E-state index in [2.05, 4.69) is 12.1 Å². The minimum absolute atomic E-state index is 0.0253. The van der Waals surface area contributed by atoms with Crippen LogP contribution >= 0.6 is 11.8 Å². The van der Waals surface area contributed by atoms with Crippen molar-refractivity contribution in [3.8, 4) is 5.75 Å². The Morgan fingerprint density at radius 2 is 1.60 bits per heavy atom. The van der Waals surface area contributed by atoms with E-state index in [9.17, 15) is 18.0 Å². The molecule has 2 aliphatic rings. The number of hydrogen-bond donors (Lipinski definition) is 0. The summed E-state index contributed by atoms with van der Waals surface area (Å²) in [4.78, 5) is 16.5. The Hall–Kier alpha value is -2.93. The molecule has 182 valence electrons. The van der Waals surface area contributed by atoms with Crippen LogP contribution in [-0.2, 0) is 11.9 Å². The highest BCUT2D eigenvalue weighted by molar-refractivity contribution is 7.98. The highest BCUT2D eigenvalue weighted by Gasteiger charge is 2.44. The highest BCUT2D eigenvalue weighted by Crippen LogP contribution is 2.39. The van der Waals surface area contributed by atoms with Crippen LogP contribution in [0.3, 0.4) is 0 Å². The smallest absolute Gasteiger partial charge is 0.416 e. The molecule has 2 fully saturated rings. The number of ether oxygens (including phenoxy) is 1. The molecule has 0 N–H and O–H groups in total. The average molecular weight is 498 g/mol. The second kappa shape index (κ2) is 9.97. The summed E-state index contributed by atoms with van der Waals surface area (Å²) in [7, 11) is 0. The van der Waals surface area contributed by atoms with Crippen LogP contribution in [0.15, 0.2) is 83.8 Å². The second-order valence-corrected chi connectivity index (χ2v) is 10.2. The molecule has 35 heavy (non-hydrogen) atoms. The van der Waals surface area contributed by atoms with Crippen molar-refractivity contribution in [1.29, 1.82) is 0 Å². The number of halogens is 3. The van der Waals surface area contributed by atoms with Crippen LogP contribution in [0, 0.1) is 0 Å². The first-order chi connectivity index (χ1) is 16.9. The van der Waals surface area contributed by atoms with Crippen molar-refractivity contribution in [2.75, 3.05) is 0 Å². The maximum Gasteiger partial charge on any atom is 0.416 e. The van der Waals surface area contributed by atoms with Crippen molar-refractivity contribution in [2.45, 2.75) is 60.7 Å². The number of alkyl halides is 3. The summed E-state index contributed by atoms with van der Waals surface area (Å²) in [5, 5.41) is 0. The number of nitrogens with zero attached hydrogens (tertiary/aromatic N) is 1. The van der Waals surface area contributed by atoms with E-state index in [4.69, 9.17) is 4.74 Å². The Morgan fingerprint density at radius 1 is 0.914 bits per heavy atom. The monoisotopic (exact) mass is 497 g/mol. The van der Waals surface area contributed by atoms with Crippen molar-refractivity contribution in [1.82, 2.24) is 4.90 Å². The van der Waals surface area contributed by atoms with E-state index in [1.807, 2.05) is 47.4 Å². The number of hydrogen-bond acceptors (Lipinski definition) is 3. The van der Waals surface area contributed by atoms with Gasteiger partial charge in [0.05, 0.1) is 5.56 Å². The minimum Gasteiger partial charge on any atom is -0.490 e. The van der Waals surface area contributed by atoms with E-state index in [-0.39, 0.29) is 29.8 Å². The minimum atomic E-state index is -4.40. The molecule has 2 bridgehead atoms. The fraction of sp³-hybridized carbons (Fsp3) is 0.321. The molecule has 3 aromatic rings. The van der Waals surface area contributed by atoms with Gasteiger partial charge in [-0.25, -0.2) is 0 Å². The predicted octanol–water partition coefficient (Wildman–Crippen LogP) is 7.21. The molecule has 2 heterocycles. The van der Waals surface area contributed by atoms with Gasteiger partial charge in [0.1, 0.15) is 11.9 Å². The fourth-order valence-corrected chi connectivity index (χ4v) is 5.94. The third-order valence-electron chi connectivity index (χ3n) is 6.74. The lowest BCUT2D eigenvalue weighted by atomic mass is 9.98. The molecule has 5 rings (SSSR count). The van der Waals surface area contributed by atoms with Gasteiger partial charge in [0.2, 0.25) is 0 Å². The number of thioether (sulfide) groups is 1. The molecule has 0 spiro atoms. The number of benzene rings is 3. The first-order valence-corrected chi connectivity index (χ1v) is 12.8. The van der Waals surface area contributed by atoms with Crippen LogP contribution in [0.4, 0.5) is 13.2 Å². The van der Waals surface area contributed by atoms with Gasteiger partial charge in [-0.3, -0.25) is 4.79 Å². The molecule has 3 aromatic carbocycles. The summed E-state index contributed by atoms with van der Waals surface area (Å²) in [6, 6.07) is 23.1. The van der Waals surface area contributed by atoms with Gasteiger partial charge < -0.3 is 9.64 Å². The zero-order valence-corrected chi connectivity index (χ0v) is 19.9. The van der Waals surface area contributed by atoms with E-state index < -0.39 is 11.7 Å². The summed E-state index contributed by atoms with van der Waals surface area (Å²) in [5.41, 5.74) is 1.12. The number of carbonyl (C=O) groups is 1. The van der Waals surface area contributed by atoms with Crippen LogP contribution in [0.2, 0.25) is 0 Å². The lowest BCUT2D eigenvalue weighted by Crippen LogP contribution is -2.49. The van der Waals surface area contributed by atoms with E-state index in [0.717, 1.165) is 36.3 Å².